The lowest BCUT2D eigenvalue weighted by atomic mass is 9.92. The molecule has 7 nitrogen and oxygen atoms in total. The Morgan fingerprint density at radius 1 is 1.33 bits per heavy atom. The van der Waals surface area contributed by atoms with Gasteiger partial charge in [-0.3, -0.25) is 9.59 Å². The highest BCUT2D eigenvalue weighted by molar-refractivity contribution is 5.95. The normalized spacial score (nSPS) is 25.0. The number of fused-ring (bicyclic) bond motifs is 2. The lowest BCUT2D eigenvalue weighted by molar-refractivity contribution is -0.134. The second kappa shape index (κ2) is 8.19. The van der Waals surface area contributed by atoms with Gasteiger partial charge in [0.25, 0.3) is 11.9 Å². The monoisotopic (exact) mass is 334 g/mol. The van der Waals surface area contributed by atoms with E-state index in [1.54, 1.807) is 6.20 Å². The molecule has 1 aromatic heterocycles. The third-order valence-corrected chi connectivity index (χ3v) is 4.71. The predicted octanol–water partition coefficient (Wildman–Crippen LogP) is 1.33. The van der Waals surface area contributed by atoms with E-state index in [1.165, 1.54) is 6.33 Å². The van der Waals surface area contributed by atoms with E-state index >= 15 is 0 Å². The van der Waals surface area contributed by atoms with Gasteiger partial charge < -0.3 is 15.7 Å². The fraction of sp³-hybridized carbons (Fsp3) is 0.647. The lowest BCUT2D eigenvalue weighted by Gasteiger charge is -2.36. The van der Waals surface area contributed by atoms with Crippen molar-refractivity contribution in [2.24, 2.45) is 17.6 Å². The number of hydrogen-bond donors (Lipinski definition) is 2. The molecule has 2 aliphatic rings. The highest BCUT2D eigenvalue weighted by Gasteiger charge is 2.41. The number of nitrogens with zero attached hydrogens (tertiary/aromatic N) is 3. The molecule has 7 heteroatoms. The number of rotatable bonds is 3. The molecular weight excluding hydrogens is 308 g/mol. The molecule has 0 radical (unpaired) electrons. The number of carbonyl (C=O) groups is 2. The minimum Gasteiger partial charge on any atom is -0.481 e. The molecule has 1 saturated carbocycles. The lowest BCUT2D eigenvalue weighted by Crippen LogP contribution is -2.50. The summed E-state index contributed by atoms with van der Waals surface area (Å²) in [5.41, 5.74) is 7.74. The minimum absolute atomic E-state index is 0.0813. The molecule has 3 N–H and O–H groups in total. The van der Waals surface area contributed by atoms with Gasteiger partial charge in [-0.1, -0.05) is 13.3 Å². The number of aliphatic carboxylic acids is 1. The van der Waals surface area contributed by atoms with Gasteiger partial charge in [0.2, 0.25) is 0 Å². The zero-order valence-corrected chi connectivity index (χ0v) is 14.3. The Morgan fingerprint density at radius 2 is 1.92 bits per heavy atom. The van der Waals surface area contributed by atoms with Crippen molar-refractivity contribution in [1.82, 2.24) is 14.9 Å². The molecule has 0 aromatic carbocycles. The molecule has 1 saturated heterocycles. The molecule has 3 atom stereocenters. The molecule has 3 rings (SSSR count). The Morgan fingerprint density at radius 3 is 2.46 bits per heavy atom. The number of likely N-dealkylation sites (tertiary alicyclic amines) is 1. The maximum absolute atomic E-state index is 12.7. The number of aromatic nitrogens is 2. The SMILES string of the molecule is CC(=O)O.CCCc1ncncc1C(=O)N1C[C@H]2CC[C@@H](C1)C2N. The van der Waals surface area contributed by atoms with Crippen LogP contribution in [0.25, 0.3) is 0 Å². The molecule has 1 aromatic rings. The average molecular weight is 334 g/mol. The maximum atomic E-state index is 12.7. The van der Waals surface area contributed by atoms with Crippen molar-refractivity contribution in [2.75, 3.05) is 13.1 Å². The summed E-state index contributed by atoms with van der Waals surface area (Å²) in [4.78, 5) is 32.0. The number of aryl methyl sites for hydroxylation is 1. The van der Waals surface area contributed by atoms with E-state index in [1.807, 2.05) is 4.90 Å². The van der Waals surface area contributed by atoms with E-state index in [2.05, 4.69) is 16.9 Å². The van der Waals surface area contributed by atoms with Crippen LogP contribution in [0, 0.1) is 11.8 Å². The van der Waals surface area contributed by atoms with Crippen LogP contribution in [-0.4, -0.2) is 51.0 Å². The van der Waals surface area contributed by atoms with Crippen LogP contribution in [0.15, 0.2) is 12.5 Å². The summed E-state index contributed by atoms with van der Waals surface area (Å²) in [7, 11) is 0. The van der Waals surface area contributed by atoms with Crippen LogP contribution < -0.4 is 5.73 Å². The number of carboxylic acids is 1. The number of carbonyl (C=O) groups excluding carboxylic acids is 1. The molecule has 1 amide bonds. The third kappa shape index (κ3) is 4.29. The van der Waals surface area contributed by atoms with E-state index in [4.69, 9.17) is 15.6 Å². The molecule has 1 unspecified atom stereocenters. The van der Waals surface area contributed by atoms with Crippen molar-refractivity contribution >= 4 is 11.9 Å². The van der Waals surface area contributed by atoms with Gasteiger partial charge >= 0.3 is 0 Å². The fourth-order valence-electron chi connectivity index (χ4n) is 3.57. The molecule has 1 aliphatic heterocycles. The van der Waals surface area contributed by atoms with Crippen LogP contribution in [0.4, 0.5) is 0 Å². The largest absolute Gasteiger partial charge is 0.481 e. The Bertz CT molecular complexity index is 575. The first kappa shape index (κ1) is 18.3. The summed E-state index contributed by atoms with van der Waals surface area (Å²) in [6.45, 7) is 4.75. The number of amides is 1. The van der Waals surface area contributed by atoms with E-state index in [0.717, 1.165) is 51.4 Å². The first-order chi connectivity index (χ1) is 11.4. The van der Waals surface area contributed by atoms with Crippen LogP contribution in [0.5, 0.6) is 0 Å². The molecule has 1 aliphatic carbocycles. The summed E-state index contributed by atoms with van der Waals surface area (Å²) in [5, 5.41) is 7.42. The van der Waals surface area contributed by atoms with E-state index < -0.39 is 5.97 Å². The highest BCUT2D eigenvalue weighted by atomic mass is 16.4. The predicted molar refractivity (Wildman–Crippen MR) is 89.4 cm³/mol. The van der Waals surface area contributed by atoms with Crippen LogP contribution >= 0.6 is 0 Å². The first-order valence-electron chi connectivity index (χ1n) is 8.47. The van der Waals surface area contributed by atoms with Gasteiger partial charge in [-0.2, -0.15) is 0 Å². The zero-order valence-electron chi connectivity index (χ0n) is 14.3. The molecule has 2 heterocycles. The van der Waals surface area contributed by atoms with Crippen molar-refractivity contribution in [1.29, 1.82) is 0 Å². The molecule has 2 fully saturated rings. The van der Waals surface area contributed by atoms with Crippen LogP contribution in [-0.2, 0) is 11.2 Å². The van der Waals surface area contributed by atoms with Gasteiger partial charge in [0.1, 0.15) is 6.33 Å². The van der Waals surface area contributed by atoms with Gasteiger partial charge in [0.15, 0.2) is 0 Å². The van der Waals surface area contributed by atoms with Crippen LogP contribution in [0.2, 0.25) is 0 Å². The van der Waals surface area contributed by atoms with Crippen molar-refractivity contribution < 1.29 is 14.7 Å². The molecule has 2 bridgehead atoms. The molecular formula is C17H26N4O3. The van der Waals surface area contributed by atoms with Crippen molar-refractivity contribution in [3.63, 3.8) is 0 Å². The highest BCUT2D eigenvalue weighted by Crippen LogP contribution is 2.36. The molecule has 24 heavy (non-hydrogen) atoms. The standard InChI is InChI=1S/C15H22N4O.C2H4O2/c1-2-3-13-12(6-17-9-18-13)15(20)19-7-10-4-5-11(8-19)14(10)16;1-2(3)4/h6,9-11,14H,2-5,7-8,16H2,1H3;1H3,(H,3,4)/t10-,11+,14?;. The summed E-state index contributed by atoms with van der Waals surface area (Å²) in [6, 6.07) is 0.279. The number of piperidine rings is 1. The van der Waals surface area contributed by atoms with E-state index in [0.29, 0.717) is 17.4 Å². The number of carboxylic acid groups (broad SMARTS) is 1. The van der Waals surface area contributed by atoms with Crippen molar-refractivity contribution in [3.8, 4) is 0 Å². The maximum Gasteiger partial charge on any atom is 0.300 e. The van der Waals surface area contributed by atoms with E-state index in [9.17, 15) is 4.79 Å². The number of hydrogen-bond acceptors (Lipinski definition) is 5. The quantitative estimate of drug-likeness (QED) is 0.863. The van der Waals surface area contributed by atoms with Gasteiger partial charge in [-0.25, -0.2) is 9.97 Å². The molecule has 132 valence electrons. The van der Waals surface area contributed by atoms with Gasteiger partial charge in [0, 0.05) is 32.3 Å². The average Bonchev–Trinajstić information content (AvgIpc) is 2.75. The Labute approximate surface area is 142 Å². The third-order valence-electron chi connectivity index (χ3n) is 4.71. The summed E-state index contributed by atoms with van der Waals surface area (Å²) in [6.07, 6.45) is 7.30. The summed E-state index contributed by atoms with van der Waals surface area (Å²) < 4.78 is 0. The van der Waals surface area contributed by atoms with Crippen molar-refractivity contribution in [2.45, 2.75) is 45.6 Å². The number of nitrogens with two attached hydrogens (primary N) is 1. The summed E-state index contributed by atoms with van der Waals surface area (Å²) in [5.74, 6) is 0.187. The second-order valence-corrected chi connectivity index (χ2v) is 6.54. The van der Waals surface area contributed by atoms with Gasteiger partial charge in [0.05, 0.1) is 11.3 Å². The fourth-order valence-corrected chi connectivity index (χ4v) is 3.57. The van der Waals surface area contributed by atoms with Crippen LogP contribution in [0.1, 0.15) is 49.2 Å². The minimum atomic E-state index is -0.833. The molecule has 0 spiro atoms. The zero-order chi connectivity index (χ0) is 17.7. The second-order valence-electron chi connectivity index (χ2n) is 6.54. The topological polar surface area (TPSA) is 109 Å². The smallest absolute Gasteiger partial charge is 0.300 e. The van der Waals surface area contributed by atoms with Gasteiger partial charge in [-0.15, -0.1) is 0 Å². The van der Waals surface area contributed by atoms with Crippen LogP contribution in [0.3, 0.4) is 0 Å². The Hall–Kier alpha value is -2.02. The van der Waals surface area contributed by atoms with E-state index in [-0.39, 0.29) is 11.9 Å². The van der Waals surface area contributed by atoms with Gasteiger partial charge in [-0.05, 0) is 31.1 Å². The Kier molecular flexibility index (Phi) is 6.25. The first-order valence-corrected chi connectivity index (χ1v) is 8.47. The van der Waals surface area contributed by atoms with Crippen molar-refractivity contribution in [3.05, 3.63) is 23.8 Å². The summed E-state index contributed by atoms with van der Waals surface area (Å²) >= 11 is 0. The Balaban J connectivity index is 0.000000471.